The SMILES string of the molecule is CCC(C)n1cccc(C(N)c2ccc(C(C)C)cc2)c1=O. The minimum absolute atomic E-state index is 0.0114. The first-order chi connectivity index (χ1) is 10.5. The summed E-state index contributed by atoms with van der Waals surface area (Å²) in [6.07, 6.45) is 2.76. The molecule has 2 rings (SSSR count). The molecule has 0 saturated carbocycles. The highest BCUT2D eigenvalue weighted by Crippen LogP contribution is 2.21. The number of benzene rings is 1. The van der Waals surface area contributed by atoms with Crippen molar-refractivity contribution in [2.24, 2.45) is 5.73 Å². The number of hydrogen-bond acceptors (Lipinski definition) is 2. The van der Waals surface area contributed by atoms with E-state index in [0.29, 0.717) is 11.5 Å². The molecule has 2 atom stereocenters. The van der Waals surface area contributed by atoms with Crippen LogP contribution in [0, 0.1) is 0 Å². The predicted octanol–water partition coefficient (Wildman–Crippen LogP) is 3.99. The van der Waals surface area contributed by atoms with Gasteiger partial charge in [-0.3, -0.25) is 4.79 Å². The molecule has 118 valence electrons. The van der Waals surface area contributed by atoms with Crippen molar-refractivity contribution in [1.82, 2.24) is 4.57 Å². The zero-order valence-corrected chi connectivity index (χ0v) is 13.9. The summed E-state index contributed by atoms with van der Waals surface area (Å²) in [6.45, 7) is 8.45. The Hall–Kier alpha value is -1.87. The van der Waals surface area contributed by atoms with E-state index in [-0.39, 0.29) is 17.6 Å². The van der Waals surface area contributed by atoms with Gasteiger partial charge in [0.05, 0.1) is 6.04 Å². The molecule has 2 unspecified atom stereocenters. The smallest absolute Gasteiger partial charge is 0.255 e. The van der Waals surface area contributed by atoms with Crippen molar-refractivity contribution >= 4 is 0 Å². The Bertz CT molecular complexity index is 671. The fraction of sp³-hybridized carbons (Fsp3) is 0.421. The Morgan fingerprint density at radius 2 is 1.64 bits per heavy atom. The highest BCUT2D eigenvalue weighted by molar-refractivity contribution is 5.33. The van der Waals surface area contributed by atoms with Crippen molar-refractivity contribution in [2.75, 3.05) is 0 Å². The molecule has 2 N–H and O–H groups in total. The summed E-state index contributed by atoms with van der Waals surface area (Å²) in [5, 5.41) is 0. The maximum absolute atomic E-state index is 12.6. The molecule has 3 nitrogen and oxygen atoms in total. The van der Waals surface area contributed by atoms with Gasteiger partial charge in [0, 0.05) is 17.8 Å². The highest BCUT2D eigenvalue weighted by Gasteiger charge is 2.15. The Morgan fingerprint density at radius 1 is 1.05 bits per heavy atom. The summed E-state index contributed by atoms with van der Waals surface area (Å²) in [6, 6.07) is 11.8. The van der Waals surface area contributed by atoms with E-state index in [0.717, 1.165) is 12.0 Å². The Kier molecular flexibility index (Phi) is 5.19. The van der Waals surface area contributed by atoms with Crippen LogP contribution in [-0.2, 0) is 0 Å². The normalized spacial score (nSPS) is 14.1. The molecule has 0 fully saturated rings. The molecule has 22 heavy (non-hydrogen) atoms. The van der Waals surface area contributed by atoms with Crippen molar-refractivity contribution in [3.8, 4) is 0 Å². The fourth-order valence-electron chi connectivity index (χ4n) is 2.58. The summed E-state index contributed by atoms with van der Waals surface area (Å²) in [7, 11) is 0. The quantitative estimate of drug-likeness (QED) is 0.907. The molecule has 3 heteroatoms. The summed E-state index contributed by atoms with van der Waals surface area (Å²) in [5.41, 5.74) is 9.26. The fourth-order valence-corrected chi connectivity index (χ4v) is 2.58. The Balaban J connectivity index is 2.37. The van der Waals surface area contributed by atoms with Crippen molar-refractivity contribution in [3.63, 3.8) is 0 Å². The average Bonchev–Trinajstić information content (AvgIpc) is 2.53. The summed E-state index contributed by atoms with van der Waals surface area (Å²) < 4.78 is 1.78. The maximum Gasteiger partial charge on any atom is 0.255 e. The molecule has 1 aromatic heterocycles. The van der Waals surface area contributed by atoms with Gasteiger partial charge in [0.2, 0.25) is 0 Å². The van der Waals surface area contributed by atoms with Crippen LogP contribution in [-0.4, -0.2) is 4.57 Å². The van der Waals surface area contributed by atoms with Gasteiger partial charge in [-0.2, -0.15) is 0 Å². The summed E-state index contributed by atoms with van der Waals surface area (Å²) >= 11 is 0. The highest BCUT2D eigenvalue weighted by atomic mass is 16.1. The van der Waals surface area contributed by atoms with Crippen molar-refractivity contribution in [1.29, 1.82) is 0 Å². The maximum atomic E-state index is 12.6. The van der Waals surface area contributed by atoms with Crippen molar-refractivity contribution < 1.29 is 0 Å². The van der Waals surface area contributed by atoms with E-state index in [1.54, 1.807) is 4.57 Å². The van der Waals surface area contributed by atoms with Crippen LogP contribution in [0.1, 0.15) is 68.8 Å². The number of nitrogens with zero attached hydrogens (tertiary/aromatic N) is 1. The molecule has 0 aliphatic rings. The molecule has 2 aromatic rings. The van der Waals surface area contributed by atoms with Gasteiger partial charge in [0.25, 0.3) is 5.56 Å². The van der Waals surface area contributed by atoms with E-state index in [4.69, 9.17) is 5.73 Å². The van der Waals surface area contributed by atoms with E-state index >= 15 is 0 Å². The number of aromatic nitrogens is 1. The second-order valence-corrected chi connectivity index (χ2v) is 6.23. The molecule has 0 spiro atoms. The van der Waals surface area contributed by atoms with Crippen LogP contribution >= 0.6 is 0 Å². The lowest BCUT2D eigenvalue weighted by Gasteiger charge is -2.18. The molecular weight excluding hydrogens is 272 g/mol. The number of hydrogen-bond donors (Lipinski definition) is 1. The lowest BCUT2D eigenvalue weighted by atomic mass is 9.96. The number of nitrogens with two attached hydrogens (primary N) is 1. The van der Waals surface area contributed by atoms with Gasteiger partial charge in [0.1, 0.15) is 0 Å². The van der Waals surface area contributed by atoms with Crippen LogP contribution in [0.5, 0.6) is 0 Å². The number of pyridine rings is 1. The van der Waals surface area contributed by atoms with Gasteiger partial charge in [-0.1, -0.05) is 51.1 Å². The monoisotopic (exact) mass is 298 g/mol. The molecule has 1 heterocycles. The van der Waals surface area contributed by atoms with E-state index < -0.39 is 0 Å². The van der Waals surface area contributed by atoms with Gasteiger partial charge in [-0.05, 0) is 36.5 Å². The van der Waals surface area contributed by atoms with E-state index in [9.17, 15) is 4.79 Å². The zero-order chi connectivity index (χ0) is 16.3. The molecule has 0 radical (unpaired) electrons. The topological polar surface area (TPSA) is 48.0 Å². The molecule has 0 amide bonds. The number of rotatable bonds is 5. The van der Waals surface area contributed by atoms with Crippen molar-refractivity contribution in [2.45, 2.75) is 52.1 Å². The second kappa shape index (κ2) is 6.93. The van der Waals surface area contributed by atoms with E-state index in [2.05, 4.69) is 32.9 Å². The minimum atomic E-state index is -0.384. The third-order valence-corrected chi connectivity index (χ3v) is 4.37. The van der Waals surface area contributed by atoms with Gasteiger partial charge in [-0.15, -0.1) is 0 Å². The second-order valence-electron chi connectivity index (χ2n) is 6.23. The third kappa shape index (κ3) is 3.30. The first-order valence-corrected chi connectivity index (χ1v) is 8.02. The lowest BCUT2D eigenvalue weighted by molar-refractivity contribution is 0.509. The molecular formula is C19H26N2O. The van der Waals surface area contributed by atoms with Gasteiger partial charge in [0.15, 0.2) is 0 Å². The molecule has 1 aromatic carbocycles. The van der Waals surface area contributed by atoms with Crippen LogP contribution in [0.25, 0.3) is 0 Å². The Labute approximate surface area is 132 Å². The van der Waals surface area contributed by atoms with Gasteiger partial charge >= 0.3 is 0 Å². The van der Waals surface area contributed by atoms with Gasteiger partial charge < -0.3 is 10.3 Å². The van der Waals surface area contributed by atoms with E-state index in [1.165, 1.54) is 5.56 Å². The first kappa shape index (κ1) is 16.5. The van der Waals surface area contributed by atoms with E-state index in [1.807, 2.05) is 37.4 Å². The molecule has 0 aliphatic carbocycles. The lowest BCUT2D eigenvalue weighted by Crippen LogP contribution is -2.29. The van der Waals surface area contributed by atoms with Crippen LogP contribution in [0.2, 0.25) is 0 Å². The Morgan fingerprint density at radius 3 is 2.18 bits per heavy atom. The van der Waals surface area contributed by atoms with Crippen LogP contribution in [0.4, 0.5) is 0 Å². The minimum Gasteiger partial charge on any atom is -0.320 e. The zero-order valence-electron chi connectivity index (χ0n) is 13.9. The molecule has 0 saturated heterocycles. The van der Waals surface area contributed by atoms with Crippen LogP contribution in [0.15, 0.2) is 47.4 Å². The van der Waals surface area contributed by atoms with Crippen LogP contribution in [0.3, 0.4) is 0 Å². The molecule has 0 bridgehead atoms. The molecule has 0 aliphatic heterocycles. The predicted molar refractivity (Wildman–Crippen MR) is 92.3 cm³/mol. The standard InChI is InChI=1S/C19H26N2O/c1-5-14(4)21-12-6-7-17(19(21)22)18(20)16-10-8-15(9-11-16)13(2)3/h6-14,18H,5,20H2,1-4H3. The largest absolute Gasteiger partial charge is 0.320 e. The first-order valence-electron chi connectivity index (χ1n) is 8.02. The van der Waals surface area contributed by atoms with Crippen molar-refractivity contribution in [3.05, 3.63) is 69.6 Å². The van der Waals surface area contributed by atoms with Gasteiger partial charge in [-0.25, -0.2) is 0 Å². The third-order valence-electron chi connectivity index (χ3n) is 4.37. The average molecular weight is 298 g/mol. The summed E-state index contributed by atoms with van der Waals surface area (Å²) in [5.74, 6) is 0.490. The summed E-state index contributed by atoms with van der Waals surface area (Å²) in [4.78, 5) is 12.6. The van der Waals surface area contributed by atoms with Crippen LogP contribution < -0.4 is 11.3 Å².